The SMILES string of the molecule is Cc1cc(-c2ncnc3c2C(C)C(C)CC(C2=CCS(=O)(=O)CC2)=C3)ccc1CNC(=O)c1cnc(C(C)(C)C)s1. The number of thiazole rings is 1. The van der Waals surface area contributed by atoms with Crippen molar-refractivity contribution in [2.24, 2.45) is 5.92 Å². The van der Waals surface area contributed by atoms with Gasteiger partial charge in [-0.2, -0.15) is 0 Å². The number of rotatable bonds is 5. The number of aromatic nitrogens is 3. The van der Waals surface area contributed by atoms with E-state index < -0.39 is 9.84 Å². The molecular formula is C32H38N4O3S2. The monoisotopic (exact) mass is 590 g/mol. The fourth-order valence-electron chi connectivity index (χ4n) is 5.46. The average Bonchev–Trinajstić information content (AvgIpc) is 3.38. The van der Waals surface area contributed by atoms with Gasteiger partial charge in [0, 0.05) is 23.1 Å². The molecule has 5 rings (SSSR count). The lowest BCUT2D eigenvalue weighted by molar-refractivity contribution is 0.0954. The van der Waals surface area contributed by atoms with Crippen molar-refractivity contribution in [1.82, 2.24) is 20.3 Å². The predicted octanol–water partition coefficient (Wildman–Crippen LogP) is 6.41. The van der Waals surface area contributed by atoms with E-state index in [4.69, 9.17) is 4.98 Å². The van der Waals surface area contributed by atoms with Gasteiger partial charge in [-0.3, -0.25) is 4.79 Å². The van der Waals surface area contributed by atoms with Gasteiger partial charge in [-0.15, -0.1) is 11.3 Å². The number of nitrogens with zero attached hydrogens (tertiary/aromatic N) is 3. The van der Waals surface area contributed by atoms with Gasteiger partial charge in [0.15, 0.2) is 9.84 Å². The van der Waals surface area contributed by atoms with Crippen LogP contribution in [0.25, 0.3) is 17.3 Å². The summed E-state index contributed by atoms with van der Waals surface area (Å²) < 4.78 is 24.0. The summed E-state index contributed by atoms with van der Waals surface area (Å²) in [5.74, 6) is 0.765. The van der Waals surface area contributed by atoms with Gasteiger partial charge < -0.3 is 5.32 Å². The molecule has 2 aliphatic rings. The lowest BCUT2D eigenvalue weighted by atomic mass is 9.83. The molecule has 0 fully saturated rings. The Morgan fingerprint density at radius 2 is 1.90 bits per heavy atom. The largest absolute Gasteiger partial charge is 0.347 e. The second-order valence-corrected chi connectivity index (χ2v) is 15.6. The number of nitrogens with one attached hydrogen (secondary N) is 1. The van der Waals surface area contributed by atoms with Crippen molar-refractivity contribution in [2.75, 3.05) is 11.5 Å². The topological polar surface area (TPSA) is 102 Å². The number of allylic oxidation sites excluding steroid dienone is 2. The average molecular weight is 591 g/mol. The lowest BCUT2D eigenvalue weighted by Crippen LogP contribution is -2.22. The van der Waals surface area contributed by atoms with E-state index in [9.17, 15) is 13.2 Å². The summed E-state index contributed by atoms with van der Waals surface area (Å²) >= 11 is 1.44. The molecule has 1 aliphatic heterocycles. The van der Waals surface area contributed by atoms with Gasteiger partial charge >= 0.3 is 0 Å². The second-order valence-electron chi connectivity index (χ2n) is 12.4. The number of benzene rings is 1. The van der Waals surface area contributed by atoms with Gasteiger partial charge in [0.05, 0.1) is 34.1 Å². The fourth-order valence-corrected chi connectivity index (χ4v) is 7.50. The van der Waals surface area contributed by atoms with Crippen molar-refractivity contribution in [3.63, 3.8) is 0 Å². The maximum Gasteiger partial charge on any atom is 0.263 e. The first-order chi connectivity index (χ1) is 19.3. The van der Waals surface area contributed by atoms with Gasteiger partial charge in [0.1, 0.15) is 11.2 Å². The lowest BCUT2D eigenvalue weighted by Gasteiger charge is -2.23. The zero-order valence-corrected chi connectivity index (χ0v) is 26.2. The van der Waals surface area contributed by atoms with E-state index in [1.165, 1.54) is 16.9 Å². The number of carbonyl (C=O) groups excluding carboxylic acids is 1. The van der Waals surface area contributed by atoms with Crippen molar-refractivity contribution in [3.8, 4) is 11.3 Å². The van der Waals surface area contributed by atoms with Crippen LogP contribution in [-0.2, 0) is 21.8 Å². The van der Waals surface area contributed by atoms with Gasteiger partial charge in [0.2, 0.25) is 0 Å². The van der Waals surface area contributed by atoms with E-state index in [0.29, 0.717) is 23.8 Å². The molecule has 1 aromatic carbocycles. The van der Waals surface area contributed by atoms with Crippen LogP contribution in [0.1, 0.15) is 90.4 Å². The molecule has 0 radical (unpaired) electrons. The van der Waals surface area contributed by atoms with Crippen LogP contribution in [0.5, 0.6) is 0 Å². The van der Waals surface area contributed by atoms with Crippen LogP contribution < -0.4 is 5.32 Å². The van der Waals surface area contributed by atoms with E-state index in [0.717, 1.165) is 50.6 Å². The van der Waals surface area contributed by atoms with Crippen molar-refractivity contribution >= 4 is 33.2 Å². The standard InChI is InChI=1S/C32H38N4O3S2/c1-19-13-25(22-9-11-41(38,39)12-10-22)15-26-28(21(19)3)29(36-18-35-26)23-7-8-24(20(2)14-23)16-33-30(37)27-17-34-31(40-27)32(4,5)6/h7-9,14-15,17-19,21H,10-13,16H2,1-6H3,(H,33,37). The number of hydrogen-bond acceptors (Lipinski definition) is 7. The number of hydrogen-bond donors (Lipinski definition) is 1. The first-order valence-electron chi connectivity index (χ1n) is 14.1. The molecule has 216 valence electrons. The molecule has 0 saturated carbocycles. The first kappa shape index (κ1) is 29.3. The van der Waals surface area contributed by atoms with Crippen LogP contribution in [-0.4, -0.2) is 40.8 Å². The Morgan fingerprint density at radius 1 is 1.12 bits per heavy atom. The van der Waals surface area contributed by atoms with E-state index >= 15 is 0 Å². The van der Waals surface area contributed by atoms with Gasteiger partial charge in [0.25, 0.3) is 5.91 Å². The Hall–Kier alpha value is -3.17. The van der Waals surface area contributed by atoms with Crippen molar-refractivity contribution < 1.29 is 13.2 Å². The molecule has 1 amide bonds. The minimum absolute atomic E-state index is 0.0855. The van der Waals surface area contributed by atoms with E-state index in [2.05, 4.69) is 81.1 Å². The maximum absolute atomic E-state index is 12.8. The fraction of sp³-hybridized carbons (Fsp3) is 0.438. The van der Waals surface area contributed by atoms with E-state index in [1.54, 1.807) is 12.5 Å². The summed E-state index contributed by atoms with van der Waals surface area (Å²) in [5.41, 5.74) is 8.32. The molecule has 7 nitrogen and oxygen atoms in total. The highest BCUT2D eigenvalue weighted by Crippen LogP contribution is 2.42. The third-order valence-electron chi connectivity index (χ3n) is 8.18. The molecule has 0 bridgehead atoms. The smallest absolute Gasteiger partial charge is 0.263 e. The first-order valence-corrected chi connectivity index (χ1v) is 16.8. The molecule has 9 heteroatoms. The predicted molar refractivity (Wildman–Crippen MR) is 166 cm³/mol. The van der Waals surface area contributed by atoms with Crippen LogP contribution >= 0.6 is 11.3 Å². The highest BCUT2D eigenvalue weighted by molar-refractivity contribution is 7.91. The minimum atomic E-state index is -2.98. The zero-order chi connectivity index (χ0) is 29.5. The molecule has 2 atom stereocenters. The highest BCUT2D eigenvalue weighted by Gasteiger charge is 2.29. The minimum Gasteiger partial charge on any atom is -0.347 e. The second kappa shape index (κ2) is 11.2. The molecular weight excluding hydrogens is 553 g/mol. The summed E-state index contributed by atoms with van der Waals surface area (Å²) in [5, 5.41) is 3.99. The summed E-state index contributed by atoms with van der Waals surface area (Å²) in [4.78, 5) is 27.3. The molecule has 0 spiro atoms. The summed E-state index contributed by atoms with van der Waals surface area (Å²) in [6, 6.07) is 6.27. The maximum atomic E-state index is 12.8. The van der Waals surface area contributed by atoms with Gasteiger partial charge in [-0.25, -0.2) is 23.4 Å². The van der Waals surface area contributed by atoms with Gasteiger partial charge in [-0.05, 0) is 66.0 Å². The zero-order valence-electron chi connectivity index (χ0n) is 24.6. The molecule has 2 unspecified atom stereocenters. The quantitative estimate of drug-likeness (QED) is 0.369. The third kappa shape index (κ3) is 6.36. The summed E-state index contributed by atoms with van der Waals surface area (Å²) in [7, 11) is -2.98. The van der Waals surface area contributed by atoms with Crippen molar-refractivity contribution in [1.29, 1.82) is 0 Å². The van der Waals surface area contributed by atoms with Crippen molar-refractivity contribution in [2.45, 2.75) is 72.3 Å². The molecule has 41 heavy (non-hydrogen) atoms. The summed E-state index contributed by atoms with van der Waals surface area (Å²) in [6.07, 6.45) is 8.74. The van der Waals surface area contributed by atoms with Crippen LogP contribution in [0.3, 0.4) is 0 Å². The number of fused-ring (bicyclic) bond motifs is 1. The Bertz CT molecular complexity index is 1660. The van der Waals surface area contributed by atoms with E-state index in [1.807, 2.05) is 6.08 Å². The Kier molecular flexibility index (Phi) is 8.05. The Labute approximate surface area is 247 Å². The van der Waals surface area contributed by atoms with Crippen LogP contribution in [0, 0.1) is 12.8 Å². The number of aryl methyl sites for hydroxylation is 1. The Balaban J connectivity index is 1.39. The normalized spacial score (nSPS) is 20.4. The molecule has 1 aliphatic carbocycles. The molecule has 2 aromatic heterocycles. The number of amides is 1. The van der Waals surface area contributed by atoms with Gasteiger partial charge in [-0.1, -0.05) is 52.8 Å². The van der Waals surface area contributed by atoms with Crippen LogP contribution in [0.4, 0.5) is 0 Å². The van der Waals surface area contributed by atoms with Crippen LogP contribution in [0.2, 0.25) is 0 Å². The molecule has 3 aromatic rings. The Morgan fingerprint density at radius 3 is 2.56 bits per heavy atom. The van der Waals surface area contributed by atoms with E-state index in [-0.39, 0.29) is 28.7 Å². The molecule has 0 saturated heterocycles. The van der Waals surface area contributed by atoms with Crippen molar-refractivity contribution in [3.05, 3.63) is 80.2 Å². The van der Waals surface area contributed by atoms with Crippen LogP contribution in [0.15, 0.2) is 47.9 Å². The highest BCUT2D eigenvalue weighted by atomic mass is 32.2. The summed E-state index contributed by atoms with van der Waals surface area (Å²) in [6.45, 7) is 13.2. The molecule has 1 N–H and O–H groups in total. The number of sulfone groups is 1. The number of carbonyl (C=O) groups is 1. The molecule has 3 heterocycles. The third-order valence-corrected chi connectivity index (χ3v) is 11.1.